The first-order chi connectivity index (χ1) is 13.2. The van der Waals surface area contributed by atoms with Gasteiger partial charge in [0.25, 0.3) is 0 Å². The summed E-state index contributed by atoms with van der Waals surface area (Å²) in [7, 11) is 0. The van der Waals surface area contributed by atoms with Gasteiger partial charge in [-0.2, -0.15) is 0 Å². The number of carbonyl (C=O) groups is 1. The molecule has 1 saturated heterocycles. The fourth-order valence-corrected chi connectivity index (χ4v) is 2.99. The molecule has 27 heavy (non-hydrogen) atoms. The van der Waals surface area contributed by atoms with Crippen LogP contribution in [0.25, 0.3) is 5.82 Å². The average Bonchev–Trinajstić information content (AvgIpc) is 3.25. The molecule has 3 heterocycles. The summed E-state index contributed by atoms with van der Waals surface area (Å²) in [5.74, 6) is 1.23. The molecule has 0 saturated carbocycles. The van der Waals surface area contributed by atoms with Crippen LogP contribution >= 0.6 is 0 Å². The second-order valence-corrected chi connectivity index (χ2v) is 6.25. The summed E-state index contributed by atoms with van der Waals surface area (Å²) < 4.78 is 14.8. The van der Waals surface area contributed by atoms with Crippen molar-refractivity contribution in [2.75, 3.05) is 36.4 Å². The van der Waals surface area contributed by atoms with Gasteiger partial charge in [0.05, 0.1) is 0 Å². The normalized spacial score (nSPS) is 14.3. The van der Waals surface area contributed by atoms with Gasteiger partial charge in [0, 0.05) is 44.3 Å². The second-order valence-electron chi connectivity index (χ2n) is 6.25. The highest BCUT2D eigenvalue weighted by Crippen LogP contribution is 2.15. The lowest BCUT2D eigenvalue weighted by molar-refractivity contribution is 0.208. The molecule has 1 fully saturated rings. The fourth-order valence-electron chi connectivity index (χ4n) is 2.99. The monoisotopic (exact) mass is 366 g/mol. The van der Waals surface area contributed by atoms with Crippen molar-refractivity contribution < 1.29 is 9.18 Å². The van der Waals surface area contributed by atoms with Crippen LogP contribution in [0, 0.1) is 5.82 Å². The van der Waals surface area contributed by atoms with Gasteiger partial charge < -0.3 is 19.7 Å². The number of urea groups is 1. The highest BCUT2D eigenvalue weighted by atomic mass is 19.1. The summed E-state index contributed by atoms with van der Waals surface area (Å²) in [6, 6.07) is 13.3. The molecule has 1 aromatic carbocycles. The Morgan fingerprint density at radius 1 is 0.889 bits per heavy atom. The van der Waals surface area contributed by atoms with Crippen molar-refractivity contribution in [2.45, 2.75) is 0 Å². The van der Waals surface area contributed by atoms with Gasteiger partial charge in [0.1, 0.15) is 5.82 Å². The van der Waals surface area contributed by atoms with Crippen molar-refractivity contribution in [1.82, 2.24) is 19.7 Å². The van der Waals surface area contributed by atoms with Gasteiger partial charge in [0.2, 0.25) is 0 Å². The van der Waals surface area contributed by atoms with Gasteiger partial charge in [0.15, 0.2) is 11.6 Å². The van der Waals surface area contributed by atoms with E-state index in [1.165, 1.54) is 12.1 Å². The summed E-state index contributed by atoms with van der Waals surface area (Å²) >= 11 is 0. The number of benzene rings is 1. The second kappa shape index (κ2) is 7.45. The number of aromatic nitrogens is 3. The number of piperazine rings is 1. The number of carbonyl (C=O) groups excluding carboxylic acids is 1. The lowest BCUT2D eigenvalue weighted by Gasteiger charge is -2.35. The molecule has 7 nitrogen and oxygen atoms in total. The Morgan fingerprint density at radius 2 is 1.52 bits per heavy atom. The Bertz CT molecular complexity index is 887. The summed E-state index contributed by atoms with van der Waals surface area (Å²) in [6.07, 6.45) is 3.84. The first kappa shape index (κ1) is 17.0. The van der Waals surface area contributed by atoms with E-state index in [4.69, 9.17) is 0 Å². The standard InChI is InChI=1S/C19H19FN6O/c20-15-3-5-16(6-4-15)21-19(27)26-13-11-25(12-14-26)18-8-7-17(22-23-18)24-9-1-2-10-24/h1-10H,11-14H2,(H,21,27). The summed E-state index contributed by atoms with van der Waals surface area (Å²) in [4.78, 5) is 16.2. The number of hydrogen-bond acceptors (Lipinski definition) is 4. The Morgan fingerprint density at radius 3 is 2.15 bits per heavy atom. The topological polar surface area (TPSA) is 66.3 Å². The largest absolute Gasteiger partial charge is 0.352 e. The molecular formula is C19H19FN6O. The van der Waals surface area contributed by atoms with E-state index >= 15 is 0 Å². The molecule has 0 unspecified atom stereocenters. The van der Waals surface area contributed by atoms with Crippen LogP contribution in [-0.4, -0.2) is 51.9 Å². The molecule has 0 atom stereocenters. The van der Waals surface area contributed by atoms with E-state index in [-0.39, 0.29) is 11.8 Å². The van der Waals surface area contributed by atoms with Gasteiger partial charge in [-0.25, -0.2) is 9.18 Å². The average molecular weight is 366 g/mol. The Hall–Kier alpha value is -3.42. The summed E-state index contributed by atoms with van der Waals surface area (Å²) in [6.45, 7) is 2.50. The fraction of sp³-hybridized carbons (Fsp3) is 0.211. The van der Waals surface area contributed by atoms with Crippen molar-refractivity contribution in [2.24, 2.45) is 0 Å². The third-order valence-electron chi connectivity index (χ3n) is 4.49. The minimum atomic E-state index is -0.328. The van der Waals surface area contributed by atoms with Crippen LogP contribution < -0.4 is 10.2 Å². The molecule has 3 aromatic rings. The molecule has 2 aromatic heterocycles. The first-order valence-electron chi connectivity index (χ1n) is 8.72. The molecule has 138 valence electrons. The van der Waals surface area contributed by atoms with Crippen LogP contribution in [0.15, 0.2) is 60.9 Å². The van der Waals surface area contributed by atoms with Crippen molar-refractivity contribution in [3.8, 4) is 5.82 Å². The molecule has 0 aliphatic carbocycles. The maximum absolute atomic E-state index is 12.9. The number of amides is 2. The van der Waals surface area contributed by atoms with E-state index in [2.05, 4.69) is 20.4 Å². The third-order valence-corrected chi connectivity index (χ3v) is 4.49. The molecule has 0 spiro atoms. The zero-order valence-electron chi connectivity index (χ0n) is 14.6. The van der Waals surface area contributed by atoms with Crippen molar-refractivity contribution >= 4 is 17.5 Å². The summed E-state index contributed by atoms with van der Waals surface area (Å²) in [5, 5.41) is 11.4. The number of anilines is 2. The van der Waals surface area contributed by atoms with Gasteiger partial charge in [-0.3, -0.25) is 0 Å². The molecular weight excluding hydrogens is 347 g/mol. The van der Waals surface area contributed by atoms with Crippen molar-refractivity contribution in [3.05, 3.63) is 66.7 Å². The SMILES string of the molecule is O=C(Nc1ccc(F)cc1)N1CCN(c2ccc(-n3cccc3)nn2)CC1. The van der Waals surface area contributed by atoms with Crippen LogP contribution in [0.1, 0.15) is 0 Å². The van der Waals surface area contributed by atoms with Crippen molar-refractivity contribution in [1.29, 1.82) is 0 Å². The highest BCUT2D eigenvalue weighted by molar-refractivity contribution is 5.89. The predicted octanol–water partition coefficient (Wildman–Crippen LogP) is 2.76. The number of nitrogens with zero attached hydrogens (tertiary/aromatic N) is 5. The van der Waals surface area contributed by atoms with E-state index in [1.54, 1.807) is 17.0 Å². The van der Waals surface area contributed by atoms with E-state index in [9.17, 15) is 9.18 Å². The zero-order valence-corrected chi connectivity index (χ0v) is 14.6. The van der Waals surface area contributed by atoms with Crippen LogP contribution in [-0.2, 0) is 0 Å². The Kier molecular flexibility index (Phi) is 4.69. The maximum Gasteiger partial charge on any atom is 0.321 e. The third kappa shape index (κ3) is 3.89. The molecule has 2 amide bonds. The zero-order chi connectivity index (χ0) is 18.6. The van der Waals surface area contributed by atoms with E-state index < -0.39 is 0 Å². The molecule has 1 N–H and O–H groups in total. The summed E-state index contributed by atoms with van der Waals surface area (Å²) in [5.41, 5.74) is 0.579. The van der Waals surface area contributed by atoms with Crippen molar-refractivity contribution in [3.63, 3.8) is 0 Å². The lowest BCUT2D eigenvalue weighted by atomic mass is 10.3. The Labute approximate surface area is 156 Å². The minimum absolute atomic E-state index is 0.185. The van der Waals surface area contributed by atoms with Crippen LogP contribution in [0.3, 0.4) is 0 Å². The predicted molar refractivity (Wildman–Crippen MR) is 101 cm³/mol. The van der Waals surface area contributed by atoms with Gasteiger partial charge >= 0.3 is 6.03 Å². The molecule has 0 bridgehead atoms. The lowest BCUT2D eigenvalue weighted by Crippen LogP contribution is -2.50. The molecule has 4 rings (SSSR count). The number of rotatable bonds is 3. The highest BCUT2D eigenvalue weighted by Gasteiger charge is 2.22. The van der Waals surface area contributed by atoms with E-state index in [0.29, 0.717) is 31.9 Å². The van der Waals surface area contributed by atoms with Crippen LogP contribution in [0.5, 0.6) is 0 Å². The first-order valence-corrected chi connectivity index (χ1v) is 8.72. The van der Waals surface area contributed by atoms with Gasteiger partial charge in [-0.15, -0.1) is 10.2 Å². The number of halogens is 1. The number of nitrogens with one attached hydrogen (secondary N) is 1. The minimum Gasteiger partial charge on any atom is -0.352 e. The molecule has 8 heteroatoms. The molecule has 0 radical (unpaired) electrons. The number of hydrogen-bond donors (Lipinski definition) is 1. The van der Waals surface area contributed by atoms with E-state index in [1.807, 2.05) is 41.2 Å². The van der Waals surface area contributed by atoms with Gasteiger partial charge in [-0.1, -0.05) is 0 Å². The Balaban J connectivity index is 1.33. The van der Waals surface area contributed by atoms with Crippen LogP contribution in [0.2, 0.25) is 0 Å². The molecule has 1 aliphatic heterocycles. The van der Waals surface area contributed by atoms with Crippen LogP contribution in [0.4, 0.5) is 20.7 Å². The smallest absolute Gasteiger partial charge is 0.321 e. The van der Waals surface area contributed by atoms with Gasteiger partial charge in [-0.05, 0) is 48.5 Å². The quantitative estimate of drug-likeness (QED) is 0.774. The van der Waals surface area contributed by atoms with E-state index in [0.717, 1.165) is 11.6 Å². The molecule has 1 aliphatic rings. The maximum atomic E-state index is 12.9.